The summed E-state index contributed by atoms with van der Waals surface area (Å²) in [5.74, 6) is 0. The molecule has 2 rings (SSSR count). The van der Waals surface area contributed by atoms with Crippen molar-refractivity contribution < 1.29 is 0 Å². The molecule has 0 aliphatic heterocycles. The van der Waals surface area contributed by atoms with Gasteiger partial charge in [0.1, 0.15) is 15.4 Å². The highest BCUT2D eigenvalue weighted by Gasteiger charge is 2.23. The van der Waals surface area contributed by atoms with E-state index in [-0.39, 0.29) is 5.54 Å². The molecule has 2 heterocycles. The molecule has 0 saturated heterocycles. The predicted octanol–water partition coefficient (Wildman–Crippen LogP) is 2.28. The predicted molar refractivity (Wildman–Crippen MR) is 59.2 cm³/mol. The number of thiazole rings is 1. The van der Waals surface area contributed by atoms with Crippen molar-refractivity contribution in [2.24, 2.45) is 5.73 Å². The first-order valence-electron chi connectivity index (χ1n) is 4.64. The van der Waals surface area contributed by atoms with Crippen LogP contribution in [0.3, 0.4) is 0 Å². The van der Waals surface area contributed by atoms with Gasteiger partial charge in [-0.1, -0.05) is 18.3 Å². The van der Waals surface area contributed by atoms with Gasteiger partial charge < -0.3 is 5.73 Å². The molecule has 0 aromatic carbocycles. The van der Waals surface area contributed by atoms with Gasteiger partial charge in [0.15, 0.2) is 0 Å². The van der Waals surface area contributed by atoms with Gasteiger partial charge in [-0.15, -0.1) is 0 Å². The van der Waals surface area contributed by atoms with E-state index in [0.717, 1.165) is 21.8 Å². The lowest BCUT2D eigenvalue weighted by atomic mass is 10.0. The molecule has 2 N–H and O–H groups in total. The summed E-state index contributed by atoms with van der Waals surface area (Å²) in [4.78, 5) is 9.70. The molecule has 1 atom stereocenters. The van der Waals surface area contributed by atoms with Crippen molar-refractivity contribution in [3.05, 3.63) is 23.3 Å². The van der Waals surface area contributed by atoms with Crippen LogP contribution in [0.2, 0.25) is 0 Å². The van der Waals surface area contributed by atoms with Crippen LogP contribution in [0, 0.1) is 0 Å². The second kappa shape index (κ2) is 3.29. The van der Waals surface area contributed by atoms with Crippen molar-refractivity contribution in [3.8, 4) is 0 Å². The van der Waals surface area contributed by atoms with Gasteiger partial charge >= 0.3 is 0 Å². The first-order valence-corrected chi connectivity index (χ1v) is 5.46. The molecular formula is C10H13N3S. The third kappa shape index (κ3) is 1.51. The molecule has 0 amide bonds. The largest absolute Gasteiger partial charge is 0.320 e. The van der Waals surface area contributed by atoms with Crippen LogP contribution in [-0.2, 0) is 5.54 Å². The summed E-state index contributed by atoms with van der Waals surface area (Å²) in [7, 11) is 0. The minimum absolute atomic E-state index is 0.328. The number of fused-ring (bicyclic) bond motifs is 1. The Kier molecular flexibility index (Phi) is 2.25. The van der Waals surface area contributed by atoms with E-state index in [1.54, 1.807) is 17.5 Å². The topological polar surface area (TPSA) is 51.8 Å². The van der Waals surface area contributed by atoms with E-state index in [0.29, 0.717) is 0 Å². The molecule has 2 aromatic rings. The standard InChI is InChI=1S/C10H13N3S/c1-3-10(2,11)9-13-7-5-4-6-12-8(7)14-9/h4-6H,3,11H2,1-2H3. The quantitative estimate of drug-likeness (QED) is 0.822. The number of hydrogen-bond donors (Lipinski definition) is 1. The average Bonchev–Trinajstić information content (AvgIpc) is 2.61. The van der Waals surface area contributed by atoms with Gasteiger partial charge in [0.25, 0.3) is 0 Å². The van der Waals surface area contributed by atoms with Gasteiger partial charge in [0, 0.05) is 6.20 Å². The monoisotopic (exact) mass is 207 g/mol. The molecule has 0 fully saturated rings. The average molecular weight is 207 g/mol. The van der Waals surface area contributed by atoms with E-state index < -0.39 is 0 Å². The van der Waals surface area contributed by atoms with Crippen LogP contribution in [-0.4, -0.2) is 9.97 Å². The van der Waals surface area contributed by atoms with Crippen molar-refractivity contribution in [1.82, 2.24) is 9.97 Å². The number of hydrogen-bond acceptors (Lipinski definition) is 4. The second-order valence-electron chi connectivity index (χ2n) is 3.62. The first kappa shape index (κ1) is 9.55. The van der Waals surface area contributed by atoms with Gasteiger partial charge in [-0.2, -0.15) is 0 Å². The van der Waals surface area contributed by atoms with Crippen LogP contribution in [0.25, 0.3) is 10.3 Å². The number of aromatic nitrogens is 2. The molecular weight excluding hydrogens is 194 g/mol. The second-order valence-corrected chi connectivity index (χ2v) is 4.60. The molecule has 0 saturated carbocycles. The molecule has 4 heteroatoms. The minimum atomic E-state index is -0.328. The SMILES string of the molecule is CCC(C)(N)c1nc2cccnc2s1. The Morgan fingerprint density at radius 3 is 3.00 bits per heavy atom. The third-order valence-corrected chi connectivity index (χ3v) is 3.65. The normalized spacial score (nSPS) is 15.6. The van der Waals surface area contributed by atoms with Gasteiger partial charge in [0.2, 0.25) is 0 Å². The zero-order chi connectivity index (χ0) is 10.2. The van der Waals surface area contributed by atoms with Crippen molar-refractivity contribution in [2.45, 2.75) is 25.8 Å². The van der Waals surface area contributed by atoms with Crippen LogP contribution in [0.5, 0.6) is 0 Å². The van der Waals surface area contributed by atoms with Crippen molar-refractivity contribution in [2.75, 3.05) is 0 Å². The molecule has 0 aliphatic rings. The number of nitrogens with two attached hydrogens (primary N) is 1. The van der Waals surface area contributed by atoms with Gasteiger partial charge in [-0.3, -0.25) is 0 Å². The van der Waals surface area contributed by atoms with Crippen LogP contribution in [0.4, 0.5) is 0 Å². The minimum Gasteiger partial charge on any atom is -0.320 e. The summed E-state index contributed by atoms with van der Waals surface area (Å²) in [6.07, 6.45) is 2.66. The van der Waals surface area contributed by atoms with Gasteiger partial charge in [-0.05, 0) is 25.5 Å². The zero-order valence-corrected chi connectivity index (χ0v) is 9.14. The lowest BCUT2D eigenvalue weighted by Gasteiger charge is -2.18. The highest BCUT2D eigenvalue weighted by molar-refractivity contribution is 7.18. The highest BCUT2D eigenvalue weighted by Crippen LogP contribution is 2.28. The van der Waals surface area contributed by atoms with Gasteiger partial charge in [0.05, 0.1) is 5.54 Å². The lowest BCUT2D eigenvalue weighted by molar-refractivity contribution is 0.474. The van der Waals surface area contributed by atoms with Crippen LogP contribution >= 0.6 is 11.3 Å². The van der Waals surface area contributed by atoms with E-state index >= 15 is 0 Å². The van der Waals surface area contributed by atoms with E-state index in [2.05, 4.69) is 16.9 Å². The lowest BCUT2D eigenvalue weighted by Crippen LogP contribution is -2.31. The molecule has 0 aliphatic carbocycles. The van der Waals surface area contributed by atoms with Crippen molar-refractivity contribution in [3.63, 3.8) is 0 Å². The van der Waals surface area contributed by atoms with Crippen LogP contribution in [0.1, 0.15) is 25.3 Å². The molecule has 14 heavy (non-hydrogen) atoms. The Morgan fingerprint density at radius 1 is 1.57 bits per heavy atom. The molecule has 1 unspecified atom stereocenters. The molecule has 0 radical (unpaired) electrons. The van der Waals surface area contributed by atoms with E-state index in [9.17, 15) is 0 Å². The summed E-state index contributed by atoms with van der Waals surface area (Å²) in [6.45, 7) is 4.07. The Balaban J connectivity index is 2.55. The van der Waals surface area contributed by atoms with E-state index in [1.807, 2.05) is 19.1 Å². The Hall–Kier alpha value is -1.00. The highest BCUT2D eigenvalue weighted by atomic mass is 32.1. The van der Waals surface area contributed by atoms with Crippen molar-refractivity contribution >= 4 is 21.7 Å². The summed E-state index contributed by atoms with van der Waals surface area (Å²) in [6, 6.07) is 3.86. The maximum atomic E-state index is 6.12. The number of rotatable bonds is 2. The summed E-state index contributed by atoms with van der Waals surface area (Å²) < 4.78 is 0. The molecule has 3 nitrogen and oxygen atoms in total. The third-order valence-electron chi connectivity index (χ3n) is 2.39. The fourth-order valence-electron chi connectivity index (χ4n) is 1.17. The molecule has 0 spiro atoms. The maximum Gasteiger partial charge on any atom is 0.143 e. The smallest absolute Gasteiger partial charge is 0.143 e. The zero-order valence-electron chi connectivity index (χ0n) is 8.32. The van der Waals surface area contributed by atoms with E-state index in [4.69, 9.17) is 5.73 Å². The number of nitrogens with zero attached hydrogens (tertiary/aromatic N) is 2. The number of pyridine rings is 1. The van der Waals surface area contributed by atoms with E-state index in [1.165, 1.54) is 0 Å². The van der Waals surface area contributed by atoms with Crippen molar-refractivity contribution in [1.29, 1.82) is 0 Å². The molecule has 74 valence electrons. The summed E-state index contributed by atoms with van der Waals surface area (Å²) >= 11 is 1.58. The Bertz CT molecular complexity index is 414. The van der Waals surface area contributed by atoms with Crippen LogP contribution in [0.15, 0.2) is 18.3 Å². The summed E-state index contributed by atoms with van der Waals surface area (Å²) in [5, 5.41) is 0.966. The maximum absolute atomic E-state index is 6.12. The molecule has 0 bridgehead atoms. The Morgan fingerprint density at radius 2 is 2.36 bits per heavy atom. The van der Waals surface area contributed by atoms with Gasteiger partial charge in [-0.25, -0.2) is 9.97 Å². The molecule has 2 aromatic heterocycles. The fraction of sp³-hybridized carbons (Fsp3) is 0.400. The van der Waals surface area contributed by atoms with Crippen LogP contribution < -0.4 is 5.73 Å². The first-order chi connectivity index (χ1) is 6.63. The fourth-order valence-corrected chi connectivity index (χ4v) is 2.20. The summed E-state index contributed by atoms with van der Waals surface area (Å²) in [5.41, 5.74) is 6.74. The Labute approximate surface area is 87.0 Å².